The molecule has 3 N–H and O–H groups in total. The topological polar surface area (TPSA) is 62.1 Å². The number of aryl methyl sites for hydroxylation is 2. The van der Waals surface area contributed by atoms with Crippen LogP contribution in [0.3, 0.4) is 0 Å². The lowest BCUT2D eigenvalue weighted by Crippen LogP contribution is -2.36. The molecule has 4 heteroatoms. The summed E-state index contributed by atoms with van der Waals surface area (Å²) < 4.78 is 0. The number of nitrogens with two attached hydrogens (primary N) is 1. The summed E-state index contributed by atoms with van der Waals surface area (Å²) in [5, 5.41) is 0. The number of hydrogen-bond donors (Lipinski definition) is 2. The zero-order valence-corrected chi connectivity index (χ0v) is 10.9. The van der Waals surface area contributed by atoms with E-state index in [0.29, 0.717) is 11.4 Å². The second-order valence-corrected chi connectivity index (χ2v) is 4.99. The van der Waals surface area contributed by atoms with Gasteiger partial charge in [0.25, 0.3) is 5.91 Å². The van der Waals surface area contributed by atoms with E-state index in [1.165, 1.54) is 5.56 Å². The van der Waals surface area contributed by atoms with E-state index in [2.05, 4.69) is 17.1 Å². The largest absolute Gasteiger partial charge is 0.397 e. The van der Waals surface area contributed by atoms with Gasteiger partial charge in [0.15, 0.2) is 0 Å². The van der Waals surface area contributed by atoms with E-state index in [4.69, 9.17) is 5.73 Å². The Balaban J connectivity index is 2.02. The molecule has 0 unspecified atom stereocenters. The van der Waals surface area contributed by atoms with Crippen molar-refractivity contribution < 1.29 is 4.79 Å². The molecule has 1 aromatic heterocycles. The van der Waals surface area contributed by atoms with Gasteiger partial charge in [0, 0.05) is 18.4 Å². The van der Waals surface area contributed by atoms with E-state index in [1.54, 1.807) is 12.3 Å². The molecule has 1 aliphatic rings. The number of aromatic amines is 1. The second-order valence-electron chi connectivity index (χ2n) is 4.99. The summed E-state index contributed by atoms with van der Waals surface area (Å²) in [4.78, 5) is 17.4. The van der Waals surface area contributed by atoms with Crippen molar-refractivity contribution in [1.29, 1.82) is 0 Å². The van der Waals surface area contributed by atoms with Gasteiger partial charge in [0.2, 0.25) is 0 Å². The number of aromatic nitrogens is 1. The Kier molecular flexibility index (Phi) is 2.78. The molecule has 19 heavy (non-hydrogen) atoms. The summed E-state index contributed by atoms with van der Waals surface area (Å²) in [6, 6.07) is 7.89. The maximum absolute atomic E-state index is 12.6. The summed E-state index contributed by atoms with van der Waals surface area (Å²) in [7, 11) is 0. The molecule has 3 rings (SSSR count). The highest BCUT2D eigenvalue weighted by Crippen LogP contribution is 2.31. The number of carbonyl (C=O) groups excluding carboxylic acids is 1. The number of amides is 1. The lowest BCUT2D eigenvalue weighted by atomic mass is 9.98. The first-order valence-corrected chi connectivity index (χ1v) is 6.51. The number of hydrogen-bond acceptors (Lipinski definition) is 2. The molecule has 0 bridgehead atoms. The van der Waals surface area contributed by atoms with Crippen LogP contribution in [0.1, 0.15) is 28.0 Å². The minimum Gasteiger partial charge on any atom is -0.397 e. The quantitative estimate of drug-likeness (QED) is 0.822. The zero-order chi connectivity index (χ0) is 13.4. The third kappa shape index (κ3) is 1.99. The molecule has 0 fully saturated rings. The Bertz CT molecular complexity index is 630. The van der Waals surface area contributed by atoms with Gasteiger partial charge in [-0.05, 0) is 37.0 Å². The van der Waals surface area contributed by atoms with Gasteiger partial charge in [-0.25, -0.2) is 0 Å². The Morgan fingerprint density at radius 2 is 2.26 bits per heavy atom. The van der Waals surface area contributed by atoms with Crippen molar-refractivity contribution in [3.8, 4) is 0 Å². The molecule has 1 aliphatic heterocycles. The molecule has 2 heterocycles. The highest BCUT2D eigenvalue weighted by molar-refractivity contribution is 6.06. The first kappa shape index (κ1) is 11.8. The van der Waals surface area contributed by atoms with Crippen LogP contribution >= 0.6 is 0 Å². The minimum absolute atomic E-state index is 0.00745. The molecule has 4 nitrogen and oxygen atoms in total. The smallest absolute Gasteiger partial charge is 0.274 e. The second kappa shape index (κ2) is 4.46. The Labute approximate surface area is 112 Å². The Morgan fingerprint density at radius 1 is 1.42 bits per heavy atom. The molecule has 0 atom stereocenters. The number of rotatable bonds is 1. The third-order valence-electron chi connectivity index (χ3n) is 3.60. The van der Waals surface area contributed by atoms with E-state index >= 15 is 0 Å². The van der Waals surface area contributed by atoms with Gasteiger partial charge in [0.1, 0.15) is 5.69 Å². The number of carbonyl (C=O) groups is 1. The highest BCUT2D eigenvalue weighted by Gasteiger charge is 2.25. The number of para-hydroxylation sites is 1. The van der Waals surface area contributed by atoms with Gasteiger partial charge >= 0.3 is 0 Å². The minimum atomic E-state index is -0.00745. The van der Waals surface area contributed by atoms with Crippen LogP contribution in [0.15, 0.2) is 30.5 Å². The highest BCUT2D eigenvalue weighted by atomic mass is 16.2. The van der Waals surface area contributed by atoms with E-state index in [0.717, 1.165) is 30.6 Å². The van der Waals surface area contributed by atoms with Crippen LogP contribution in [0.25, 0.3) is 0 Å². The molecule has 1 amide bonds. The first-order chi connectivity index (χ1) is 9.16. The molecule has 0 aliphatic carbocycles. The number of fused-ring (bicyclic) bond motifs is 1. The van der Waals surface area contributed by atoms with Crippen LogP contribution in [0.2, 0.25) is 0 Å². The SMILES string of the molecule is Cc1cccc2c1N(C(=O)c1cc(N)c[nH]1)CCC2. The van der Waals surface area contributed by atoms with Crippen LogP contribution in [0, 0.1) is 6.92 Å². The standard InChI is InChI=1S/C15H17N3O/c1-10-4-2-5-11-6-3-7-18(14(10)11)15(19)13-8-12(16)9-17-13/h2,4-5,8-9,17H,3,6-7,16H2,1H3. The van der Waals surface area contributed by atoms with Gasteiger partial charge in [-0.15, -0.1) is 0 Å². The fourth-order valence-electron chi connectivity index (χ4n) is 2.73. The van der Waals surface area contributed by atoms with Crippen LogP contribution in [0.4, 0.5) is 11.4 Å². The van der Waals surface area contributed by atoms with E-state index in [1.807, 2.05) is 17.9 Å². The lowest BCUT2D eigenvalue weighted by Gasteiger charge is -2.30. The number of anilines is 2. The van der Waals surface area contributed by atoms with Crippen molar-refractivity contribution in [3.05, 3.63) is 47.3 Å². The zero-order valence-electron chi connectivity index (χ0n) is 10.9. The lowest BCUT2D eigenvalue weighted by molar-refractivity contribution is 0.0981. The molecule has 98 valence electrons. The van der Waals surface area contributed by atoms with Gasteiger partial charge < -0.3 is 15.6 Å². The molecule has 0 saturated carbocycles. The molecule has 0 radical (unpaired) electrons. The van der Waals surface area contributed by atoms with Crippen molar-refractivity contribution >= 4 is 17.3 Å². The number of nitrogens with one attached hydrogen (secondary N) is 1. The van der Waals surface area contributed by atoms with Crippen LogP contribution in [-0.4, -0.2) is 17.4 Å². The number of nitrogen functional groups attached to an aromatic ring is 1. The average molecular weight is 255 g/mol. The van der Waals surface area contributed by atoms with Crippen LogP contribution in [0.5, 0.6) is 0 Å². The number of benzene rings is 1. The summed E-state index contributed by atoms with van der Waals surface area (Å²) in [6.07, 6.45) is 3.68. The summed E-state index contributed by atoms with van der Waals surface area (Å²) in [5.74, 6) is -0.00745. The van der Waals surface area contributed by atoms with Crippen molar-refractivity contribution in [2.24, 2.45) is 0 Å². The Hall–Kier alpha value is -2.23. The van der Waals surface area contributed by atoms with Gasteiger partial charge in [-0.1, -0.05) is 18.2 Å². The first-order valence-electron chi connectivity index (χ1n) is 6.51. The fraction of sp³-hybridized carbons (Fsp3) is 0.267. The average Bonchev–Trinajstić information content (AvgIpc) is 2.84. The number of nitrogens with zero attached hydrogens (tertiary/aromatic N) is 1. The van der Waals surface area contributed by atoms with Crippen molar-refractivity contribution in [3.63, 3.8) is 0 Å². The molecule has 0 saturated heterocycles. The third-order valence-corrected chi connectivity index (χ3v) is 3.60. The molecule has 1 aromatic carbocycles. The number of H-pyrrole nitrogens is 1. The van der Waals surface area contributed by atoms with Crippen molar-refractivity contribution in [2.75, 3.05) is 17.2 Å². The van der Waals surface area contributed by atoms with Gasteiger partial charge in [0.05, 0.1) is 5.69 Å². The summed E-state index contributed by atoms with van der Waals surface area (Å²) >= 11 is 0. The van der Waals surface area contributed by atoms with Crippen LogP contribution < -0.4 is 10.6 Å². The van der Waals surface area contributed by atoms with Crippen LogP contribution in [-0.2, 0) is 6.42 Å². The molecular formula is C15H17N3O. The van der Waals surface area contributed by atoms with Gasteiger partial charge in [-0.3, -0.25) is 4.79 Å². The maximum atomic E-state index is 12.6. The summed E-state index contributed by atoms with van der Waals surface area (Å²) in [5.41, 5.74) is 10.3. The fourth-order valence-corrected chi connectivity index (χ4v) is 2.73. The predicted molar refractivity (Wildman–Crippen MR) is 76.4 cm³/mol. The van der Waals surface area contributed by atoms with E-state index < -0.39 is 0 Å². The van der Waals surface area contributed by atoms with Gasteiger partial charge in [-0.2, -0.15) is 0 Å². The van der Waals surface area contributed by atoms with Crippen molar-refractivity contribution in [2.45, 2.75) is 19.8 Å². The van der Waals surface area contributed by atoms with E-state index in [-0.39, 0.29) is 5.91 Å². The van der Waals surface area contributed by atoms with Crippen molar-refractivity contribution in [1.82, 2.24) is 4.98 Å². The monoisotopic (exact) mass is 255 g/mol. The molecular weight excluding hydrogens is 238 g/mol. The predicted octanol–water partition coefficient (Wildman–Crippen LogP) is 2.50. The normalized spacial score (nSPS) is 14.3. The van der Waals surface area contributed by atoms with E-state index in [9.17, 15) is 4.79 Å². The molecule has 0 spiro atoms. The maximum Gasteiger partial charge on any atom is 0.274 e. The Morgan fingerprint density at radius 3 is 3.00 bits per heavy atom. The molecule has 2 aromatic rings. The summed E-state index contributed by atoms with van der Waals surface area (Å²) in [6.45, 7) is 2.81.